The van der Waals surface area contributed by atoms with E-state index in [1.165, 1.54) is 5.56 Å². The second-order valence-electron chi connectivity index (χ2n) is 2.39. The molecular formula is C7H9N3S. The smallest absolute Gasteiger partial charge is 0.133 e. The largest absolute Gasteiger partial charge is 0.369 e. The molecule has 0 fully saturated rings. The molecule has 4 heteroatoms. The van der Waals surface area contributed by atoms with Gasteiger partial charge in [0.2, 0.25) is 0 Å². The van der Waals surface area contributed by atoms with E-state index in [2.05, 4.69) is 15.3 Å². The Hall–Kier alpha value is -0.770. The summed E-state index contributed by atoms with van der Waals surface area (Å²) in [5.74, 6) is 1.02. The SMILES string of the molecule is CSc1ncnc2c1CCN2. The molecule has 1 N–H and O–H groups in total. The van der Waals surface area contributed by atoms with E-state index in [-0.39, 0.29) is 0 Å². The summed E-state index contributed by atoms with van der Waals surface area (Å²) in [6, 6.07) is 0. The zero-order valence-electron chi connectivity index (χ0n) is 6.29. The topological polar surface area (TPSA) is 37.8 Å². The van der Waals surface area contributed by atoms with Gasteiger partial charge in [-0.25, -0.2) is 9.97 Å². The molecule has 0 spiro atoms. The average Bonchev–Trinajstić information content (AvgIpc) is 2.50. The zero-order chi connectivity index (χ0) is 7.68. The van der Waals surface area contributed by atoms with Crippen LogP contribution in [0.25, 0.3) is 0 Å². The molecule has 0 atom stereocenters. The highest BCUT2D eigenvalue weighted by Gasteiger charge is 2.15. The molecule has 58 valence electrons. The Morgan fingerprint density at radius 3 is 3.27 bits per heavy atom. The first-order valence-corrected chi connectivity index (χ1v) is 4.76. The predicted octanol–water partition coefficient (Wildman–Crippen LogP) is 1.17. The number of hydrogen-bond donors (Lipinski definition) is 1. The maximum Gasteiger partial charge on any atom is 0.133 e. The van der Waals surface area contributed by atoms with E-state index < -0.39 is 0 Å². The Morgan fingerprint density at radius 1 is 1.55 bits per heavy atom. The van der Waals surface area contributed by atoms with Crippen LogP contribution in [0.5, 0.6) is 0 Å². The number of anilines is 1. The molecular weight excluding hydrogens is 158 g/mol. The quantitative estimate of drug-likeness (QED) is 0.503. The van der Waals surface area contributed by atoms with Crippen LogP contribution in [0, 0.1) is 0 Å². The van der Waals surface area contributed by atoms with Gasteiger partial charge in [0.05, 0.1) is 0 Å². The molecule has 1 aliphatic heterocycles. The van der Waals surface area contributed by atoms with Crippen LogP contribution < -0.4 is 5.32 Å². The highest BCUT2D eigenvalue weighted by atomic mass is 32.2. The summed E-state index contributed by atoms with van der Waals surface area (Å²) in [7, 11) is 0. The number of fused-ring (bicyclic) bond motifs is 1. The summed E-state index contributed by atoms with van der Waals surface area (Å²) in [6.07, 6.45) is 4.72. The molecule has 0 saturated carbocycles. The molecule has 11 heavy (non-hydrogen) atoms. The third-order valence-corrected chi connectivity index (χ3v) is 2.51. The van der Waals surface area contributed by atoms with Crippen molar-refractivity contribution in [3.8, 4) is 0 Å². The van der Waals surface area contributed by atoms with Gasteiger partial charge in [0.15, 0.2) is 0 Å². The van der Waals surface area contributed by atoms with E-state index in [0.717, 1.165) is 23.8 Å². The lowest BCUT2D eigenvalue weighted by atomic mass is 10.3. The lowest BCUT2D eigenvalue weighted by molar-refractivity contribution is 0.987. The minimum Gasteiger partial charge on any atom is -0.369 e. The van der Waals surface area contributed by atoms with Crippen LogP contribution in [0.2, 0.25) is 0 Å². The Bertz CT molecular complexity index is 274. The van der Waals surface area contributed by atoms with Crippen molar-refractivity contribution in [3.05, 3.63) is 11.9 Å². The minimum atomic E-state index is 1.00. The maximum absolute atomic E-state index is 4.18. The van der Waals surface area contributed by atoms with E-state index >= 15 is 0 Å². The lowest BCUT2D eigenvalue weighted by Crippen LogP contribution is -1.93. The summed E-state index contributed by atoms with van der Waals surface area (Å²) >= 11 is 1.68. The standard InChI is InChI=1S/C7H9N3S/c1-11-7-5-2-3-8-6(5)9-4-10-7/h4H,2-3H2,1H3,(H,8,9,10). The monoisotopic (exact) mass is 167 g/mol. The van der Waals surface area contributed by atoms with Crippen LogP contribution in [0.4, 0.5) is 5.82 Å². The van der Waals surface area contributed by atoms with Crippen molar-refractivity contribution in [1.82, 2.24) is 9.97 Å². The van der Waals surface area contributed by atoms with Crippen molar-refractivity contribution in [2.75, 3.05) is 18.1 Å². The molecule has 0 radical (unpaired) electrons. The predicted molar refractivity (Wildman–Crippen MR) is 46.0 cm³/mol. The van der Waals surface area contributed by atoms with Crippen LogP contribution >= 0.6 is 11.8 Å². The number of nitrogens with one attached hydrogen (secondary N) is 1. The summed E-state index contributed by atoms with van der Waals surface area (Å²) in [5, 5.41) is 4.32. The molecule has 0 amide bonds. The van der Waals surface area contributed by atoms with Gasteiger partial charge in [-0.05, 0) is 12.7 Å². The molecule has 1 aromatic heterocycles. The zero-order valence-corrected chi connectivity index (χ0v) is 7.11. The fraction of sp³-hybridized carbons (Fsp3) is 0.429. The first kappa shape index (κ1) is 6.91. The number of nitrogens with zero attached hydrogens (tertiary/aromatic N) is 2. The Morgan fingerprint density at radius 2 is 2.45 bits per heavy atom. The second-order valence-corrected chi connectivity index (χ2v) is 3.18. The van der Waals surface area contributed by atoms with Crippen LogP contribution in [-0.2, 0) is 6.42 Å². The number of thioether (sulfide) groups is 1. The van der Waals surface area contributed by atoms with Crippen LogP contribution in [0.3, 0.4) is 0 Å². The molecule has 1 aromatic rings. The molecule has 1 aliphatic rings. The fourth-order valence-corrected chi connectivity index (χ4v) is 1.85. The second kappa shape index (κ2) is 2.70. The molecule has 0 bridgehead atoms. The van der Waals surface area contributed by atoms with E-state index in [1.54, 1.807) is 18.1 Å². The van der Waals surface area contributed by atoms with Gasteiger partial charge in [-0.15, -0.1) is 11.8 Å². The van der Waals surface area contributed by atoms with Gasteiger partial charge >= 0.3 is 0 Å². The minimum absolute atomic E-state index is 1.00. The van der Waals surface area contributed by atoms with E-state index in [0.29, 0.717) is 0 Å². The summed E-state index contributed by atoms with van der Waals surface area (Å²) in [5.41, 5.74) is 1.28. The van der Waals surface area contributed by atoms with Gasteiger partial charge in [-0.3, -0.25) is 0 Å². The first-order valence-electron chi connectivity index (χ1n) is 3.53. The fourth-order valence-electron chi connectivity index (χ4n) is 1.26. The Balaban J connectivity index is 2.50. The Labute approximate surface area is 69.6 Å². The van der Waals surface area contributed by atoms with Gasteiger partial charge in [0, 0.05) is 12.1 Å². The molecule has 3 nitrogen and oxygen atoms in total. The van der Waals surface area contributed by atoms with Crippen molar-refractivity contribution < 1.29 is 0 Å². The first-order chi connectivity index (χ1) is 5.42. The van der Waals surface area contributed by atoms with E-state index in [1.807, 2.05) is 6.26 Å². The average molecular weight is 167 g/mol. The van der Waals surface area contributed by atoms with Crippen LogP contribution in [-0.4, -0.2) is 22.8 Å². The highest BCUT2D eigenvalue weighted by molar-refractivity contribution is 7.98. The Kier molecular flexibility index (Phi) is 1.69. The van der Waals surface area contributed by atoms with Crippen molar-refractivity contribution in [1.29, 1.82) is 0 Å². The van der Waals surface area contributed by atoms with E-state index in [9.17, 15) is 0 Å². The van der Waals surface area contributed by atoms with Crippen molar-refractivity contribution in [3.63, 3.8) is 0 Å². The normalized spacial score (nSPS) is 14.3. The third kappa shape index (κ3) is 1.07. The number of aromatic nitrogens is 2. The van der Waals surface area contributed by atoms with Crippen molar-refractivity contribution in [2.45, 2.75) is 11.4 Å². The summed E-state index contributed by atoms with van der Waals surface area (Å²) < 4.78 is 0. The van der Waals surface area contributed by atoms with Crippen LogP contribution in [0.15, 0.2) is 11.4 Å². The van der Waals surface area contributed by atoms with Gasteiger partial charge < -0.3 is 5.32 Å². The van der Waals surface area contributed by atoms with Gasteiger partial charge in [-0.2, -0.15) is 0 Å². The molecule has 0 aliphatic carbocycles. The summed E-state index contributed by atoms with van der Waals surface area (Å²) in [4.78, 5) is 8.31. The summed E-state index contributed by atoms with van der Waals surface area (Å²) in [6.45, 7) is 1.00. The van der Waals surface area contributed by atoms with Crippen molar-refractivity contribution in [2.24, 2.45) is 0 Å². The van der Waals surface area contributed by atoms with Crippen molar-refractivity contribution >= 4 is 17.6 Å². The highest BCUT2D eigenvalue weighted by Crippen LogP contribution is 2.26. The molecule has 2 rings (SSSR count). The van der Waals surface area contributed by atoms with Gasteiger partial charge in [-0.1, -0.05) is 0 Å². The molecule has 0 aromatic carbocycles. The molecule has 2 heterocycles. The number of rotatable bonds is 1. The van der Waals surface area contributed by atoms with E-state index in [4.69, 9.17) is 0 Å². The third-order valence-electron chi connectivity index (χ3n) is 1.77. The lowest BCUT2D eigenvalue weighted by Gasteiger charge is -2.00. The van der Waals surface area contributed by atoms with Gasteiger partial charge in [0.25, 0.3) is 0 Å². The maximum atomic E-state index is 4.18. The molecule has 0 saturated heterocycles. The number of hydrogen-bond acceptors (Lipinski definition) is 4. The van der Waals surface area contributed by atoms with Gasteiger partial charge in [0.1, 0.15) is 17.2 Å². The van der Waals surface area contributed by atoms with Crippen LogP contribution in [0.1, 0.15) is 5.56 Å². The molecule has 0 unspecified atom stereocenters.